The van der Waals surface area contributed by atoms with E-state index in [1.54, 1.807) is 24.3 Å². The molecule has 2 rings (SSSR count). The van der Waals surface area contributed by atoms with E-state index in [9.17, 15) is 13.2 Å². The van der Waals surface area contributed by atoms with Gasteiger partial charge in [-0.25, -0.2) is 8.42 Å². The van der Waals surface area contributed by atoms with Gasteiger partial charge in [-0.1, -0.05) is 30.3 Å². The topological polar surface area (TPSA) is 66.5 Å². The van der Waals surface area contributed by atoms with Gasteiger partial charge in [0.15, 0.2) is 0 Å². The molecule has 0 aliphatic heterocycles. The van der Waals surface area contributed by atoms with Crippen molar-refractivity contribution in [2.75, 3.05) is 17.6 Å². The predicted octanol–water partition coefficient (Wildman–Crippen LogP) is 2.83. The van der Waals surface area contributed by atoms with Gasteiger partial charge in [0, 0.05) is 18.2 Å². The fourth-order valence-electron chi connectivity index (χ4n) is 2.54. The van der Waals surface area contributed by atoms with Gasteiger partial charge >= 0.3 is 0 Å². The highest BCUT2D eigenvalue weighted by molar-refractivity contribution is 7.92. The summed E-state index contributed by atoms with van der Waals surface area (Å²) in [6, 6.07) is 16.5. The van der Waals surface area contributed by atoms with E-state index in [2.05, 4.69) is 5.32 Å². The van der Waals surface area contributed by atoms with Gasteiger partial charge in [0.1, 0.15) is 0 Å². The molecule has 0 unspecified atom stereocenters. The average Bonchev–Trinajstić information content (AvgIpc) is 2.53. The van der Waals surface area contributed by atoms with Crippen LogP contribution in [0.25, 0.3) is 0 Å². The van der Waals surface area contributed by atoms with Crippen LogP contribution in [-0.4, -0.2) is 33.2 Å². The molecule has 0 saturated heterocycles. The van der Waals surface area contributed by atoms with Crippen LogP contribution in [0.15, 0.2) is 54.6 Å². The lowest BCUT2D eigenvalue weighted by atomic mass is 9.94. The molecule has 0 aromatic heterocycles. The van der Waals surface area contributed by atoms with Crippen LogP contribution in [0.3, 0.4) is 0 Å². The van der Waals surface area contributed by atoms with Gasteiger partial charge in [-0.15, -0.1) is 0 Å². The lowest BCUT2D eigenvalue weighted by Crippen LogP contribution is -2.45. The number of hydrogen-bond donors (Lipinski definition) is 1. The van der Waals surface area contributed by atoms with E-state index in [-0.39, 0.29) is 5.91 Å². The third-order valence-corrected chi connectivity index (χ3v) is 5.14. The van der Waals surface area contributed by atoms with E-state index in [4.69, 9.17) is 0 Å². The van der Waals surface area contributed by atoms with E-state index in [0.29, 0.717) is 17.7 Å². The fraction of sp³-hybridized carbons (Fsp3) is 0.316. The van der Waals surface area contributed by atoms with E-state index in [1.807, 2.05) is 44.2 Å². The molecule has 0 bridgehead atoms. The normalized spacial score (nSPS) is 11.8. The van der Waals surface area contributed by atoms with Crippen molar-refractivity contribution >= 4 is 21.6 Å². The number of carbonyl (C=O) groups excluding carboxylic acids is 1. The molecule has 0 heterocycles. The Hall–Kier alpha value is -2.34. The molecule has 5 nitrogen and oxygen atoms in total. The quantitative estimate of drug-likeness (QED) is 0.861. The molecule has 134 valence electrons. The smallest absolute Gasteiger partial charge is 0.251 e. The highest BCUT2D eigenvalue weighted by atomic mass is 32.2. The standard InChI is InChI=1S/C19H24N2O3S/c1-19(2,14-15-8-6-5-7-9-15)20-18(22)16-10-12-17(13-11-16)21(3)25(4,23)24/h5-13H,14H2,1-4H3,(H,20,22). The highest BCUT2D eigenvalue weighted by Crippen LogP contribution is 2.18. The van der Waals surface area contributed by atoms with Gasteiger partial charge in [0.2, 0.25) is 10.0 Å². The lowest BCUT2D eigenvalue weighted by molar-refractivity contribution is 0.0913. The SMILES string of the molecule is CN(c1ccc(C(=O)NC(C)(C)Cc2ccccc2)cc1)S(C)(=O)=O. The van der Waals surface area contributed by atoms with Crippen LogP contribution in [-0.2, 0) is 16.4 Å². The number of amides is 1. The zero-order chi connectivity index (χ0) is 18.7. The summed E-state index contributed by atoms with van der Waals surface area (Å²) in [5, 5.41) is 3.03. The number of nitrogens with one attached hydrogen (secondary N) is 1. The number of sulfonamides is 1. The van der Waals surface area contributed by atoms with Gasteiger partial charge in [-0.2, -0.15) is 0 Å². The lowest BCUT2D eigenvalue weighted by Gasteiger charge is -2.26. The Labute approximate surface area is 149 Å². The number of anilines is 1. The van der Waals surface area contributed by atoms with Crippen LogP contribution >= 0.6 is 0 Å². The van der Waals surface area contributed by atoms with E-state index in [1.165, 1.54) is 11.4 Å². The summed E-state index contributed by atoms with van der Waals surface area (Å²) < 4.78 is 24.3. The first-order chi connectivity index (χ1) is 11.6. The Morgan fingerprint density at radius 1 is 1.04 bits per heavy atom. The summed E-state index contributed by atoms with van der Waals surface area (Å²) >= 11 is 0. The number of hydrogen-bond acceptors (Lipinski definition) is 3. The second kappa shape index (κ2) is 7.27. The third-order valence-electron chi connectivity index (χ3n) is 3.93. The summed E-state index contributed by atoms with van der Waals surface area (Å²) in [5.41, 5.74) is 1.76. The molecule has 0 saturated carbocycles. The van der Waals surface area contributed by atoms with Crippen molar-refractivity contribution < 1.29 is 13.2 Å². The van der Waals surface area contributed by atoms with Crippen molar-refractivity contribution in [3.8, 4) is 0 Å². The zero-order valence-corrected chi connectivity index (χ0v) is 15.8. The molecule has 0 spiro atoms. The predicted molar refractivity (Wildman–Crippen MR) is 101 cm³/mol. The molecule has 0 radical (unpaired) electrons. The minimum Gasteiger partial charge on any atom is -0.347 e. The molecule has 2 aromatic carbocycles. The van der Waals surface area contributed by atoms with Crippen LogP contribution in [0.1, 0.15) is 29.8 Å². The average molecular weight is 360 g/mol. The summed E-state index contributed by atoms with van der Waals surface area (Å²) in [6.07, 6.45) is 1.86. The maximum Gasteiger partial charge on any atom is 0.251 e. The first-order valence-corrected chi connectivity index (χ1v) is 9.84. The molecule has 0 aliphatic carbocycles. The molecule has 1 N–H and O–H groups in total. The Balaban J connectivity index is 2.07. The van der Waals surface area contributed by atoms with E-state index in [0.717, 1.165) is 11.8 Å². The summed E-state index contributed by atoms with van der Waals surface area (Å²) in [7, 11) is -1.84. The molecule has 0 atom stereocenters. The number of nitrogens with zero attached hydrogens (tertiary/aromatic N) is 1. The van der Waals surface area contributed by atoms with E-state index < -0.39 is 15.6 Å². The van der Waals surface area contributed by atoms with Gasteiger partial charge in [-0.05, 0) is 50.1 Å². The second-order valence-corrected chi connectivity index (χ2v) is 8.79. The Bertz CT molecular complexity index is 829. The highest BCUT2D eigenvalue weighted by Gasteiger charge is 2.22. The van der Waals surface area contributed by atoms with Crippen LogP contribution in [0.5, 0.6) is 0 Å². The summed E-state index contributed by atoms with van der Waals surface area (Å²) in [4.78, 5) is 12.5. The van der Waals surface area contributed by atoms with Crippen molar-refractivity contribution in [1.29, 1.82) is 0 Å². The molecule has 6 heteroatoms. The monoisotopic (exact) mass is 360 g/mol. The van der Waals surface area contributed by atoms with Crippen LogP contribution in [0.4, 0.5) is 5.69 Å². The summed E-state index contributed by atoms with van der Waals surface area (Å²) in [5.74, 6) is -0.186. The first-order valence-electron chi connectivity index (χ1n) is 7.99. The molecule has 0 aliphatic rings. The maximum atomic E-state index is 12.5. The van der Waals surface area contributed by atoms with E-state index >= 15 is 0 Å². The second-order valence-electron chi connectivity index (χ2n) is 6.78. The van der Waals surface area contributed by atoms with Gasteiger partial charge < -0.3 is 5.32 Å². The minimum atomic E-state index is -3.32. The van der Waals surface area contributed by atoms with Gasteiger partial charge in [-0.3, -0.25) is 9.10 Å². The summed E-state index contributed by atoms with van der Waals surface area (Å²) in [6.45, 7) is 3.95. The molecule has 0 fully saturated rings. The zero-order valence-electron chi connectivity index (χ0n) is 15.0. The number of carbonyl (C=O) groups is 1. The van der Waals surface area contributed by atoms with Crippen molar-refractivity contribution in [3.05, 3.63) is 65.7 Å². The molecule has 2 aromatic rings. The molecule has 1 amide bonds. The Kier molecular flexibility index (Phi) is 5.52. The maximum absolute atomic E-state index is 12.5. The van der Waals surface area contributed by atoms with Gasteiger partial charge in [0.05, 0.1) is 11.9 Å². The number of rotatable bonds is 6. The van der Waals surface area contributed by atoms with Crippen molar-refractivity contribution in [2.45, 2.75) is 25.8 Å². The molecule has 25 heavy (non-hydrogen) atoms. The van der Waals surface area contributed by atoms with Crippen molar-refractivity contribution in [1.82, 2.24) is 5.32 Å². The van der Waals surface area contributed by atoms with Crippen molar-refractivity contribution in [2.24, 2.45) is 0 Å². The van der Waals surface area contributed by atoms with Crippen LogP contribution in [0.2, 0.25) is 0 Å². The molecular formula is C19H24N2O3S. The van der Waals surface area contributed by atoms with Crippen molar-refractivity contribution in [3.63, 3.8) is 0 Å². The minimum absolute atomic E-state index is 0.186. The third kappa shape index (κ3) is 5.32. The number of benzene rings is 2. The largest absolute Gasteiger partial charge is 0.347 e. The Morgan fingerprint density at radius 2 is 1.60 bits per heavy atom. The fourth-order valence-corrected chi connectivity index (χ4v) is 3.05. The van der Waals surface area contributed by atoms with Crippen LogP contribution in [0, 0.1) is 0 Å². The van der Waals surface area contributed by atoms with Gasteiger partial charge in [0.25, 0.3) is 5.91 Å². The Morgan fingerprint density at radius 3 is 2.12 bits per heavy atom. The van der Waals surface area contributed by atoms with Crippen LogP contribution < -0.4 is 9.62 Å². The molecular weight excluding hydrogens is 336 g/mol. The first kappa shape index (κ1) is 19.0.